The van der Waals surface area contributed by atoms with E-state index in [1.54, 1.807) is 0 Å². The van der Waals surface area contributed by atoms with Crippen LogP contribution in [0.2, 0.25) is 5.82 Å². The first-order valence-corrected chi connectivity index (χ1v) is 7.01. The smallest absolute Gasteiger partial charge is 0.309 e. The quantitative estimate of drug-likeness (QED) is 0.608. The van der Waals surface area contributed by atoms with Crippen molar-refractivity contribution in [1.29, 1.82) is 0 Å². The van der Waals surface area contributed by atoms with E-state index in [-0.39, 0.29) is 23.1 Å². The number of esters is 1. The fourth-order valence-electron chi connectivity index (χ4n) is 3.01. The summed E-state index contributed by atoms with van der Waals surface area (Å²) in [4.78, 5) is 12.3. The molecule has 1 aromatic carbocycles. The maximum atomic E-state index is 12.3. The van der Waals surface area contributed by atoms with Crippen molar-refractivity contribution >= 4 is 13.8 Å². The summed E-state index contributed by atoms with van der Waals surface area (Å²) in [6, 6.07) is 9.78. The molecule has 0 saturated heterocycles. The van der Waals surface area contributed by atoms with Gasteiger partial charge in [-0.1, -0.05) is 56.4 Å². The zero-order valence-corrected chi connectivity index (χ0v) is 11.8. The largest absolute Gasteiger partial charge is 0.461 e. The second-order valence-electron chi connectivity index (χ2n) is 5.85. The summed E-state index contributed by atoms with van der Waals surface area (Å²) >= 11 is 0. The molecule has 0 spiro atoms. The zero-order chi connectivity index (χ0) is 13.9. The number of ether oxygens (including phenoxy) is 1. The highest BCUT2D eigenvalue weighted by molar-refractivity contribution is 6.12. The predicted octanol–water partition coefficient (Wildman–Crippen LogP) is 3.51. The Morgan fingerprint density at radius 1 is 1.42 bits per heavy atom. The fourth-order valence-corrected chi connectivity index (χ4v) is 3.01. The number of rotatable bonds is 4. The summed E-state index contributed by atoms with van der Waals surface area (Å²) in [6.45, 7) is 4.62. The highest BCUT2D eigenvalue weighted by Gasteiger charge is 2.45. The second-order valence-corrected chi connectivity index (χ2v) is 5.85. The Morgan fingerprint density at radius 2 is 2.11 bits per heavy atom. The van der Waals surface area contributed by atoms with Gasteiger partial charge in [-0.15, -0.1) is 0 Å². The van der Waals surface area contributed by atoms with Gasteiger partial charge in [0.25, 0.3) is 0 Å². The van der Waals surface area contributed by atoms with Crippen molar-refractivity contribution in [3.8, 4) is 0 Å². The lowest BCUT2D eigenvalue weighted by Crippen LogP contribution is -2.29. The molecule has 0 aromatic heterocycles. The van der Waals surface area contributed by atoms with Gasteiger partial charge >= 0.3 is 5.97 Å². The van der Waals surface area contributed by atoms with Crippen LogP contribution in [0.5, 0.6) is 0 Å². The van der Waals surface area contributed by atoms with Gasteiger partial charge in [0.1, 0.15) is 6.61 Å². The van der Waals surface area contributed by atoms with Crippen LogP contribution in [-0.4, -0.2) is 13.8 Å². The standard InChI is InChI=1S/C16H21BO2/c1-3-16(2)10-13(17)9-14(16)15(18)19-11-12-7-5-4-6-8-12/h4-8,13-14H,3,9-11H2,1-2H3/t13-,14+,16?/m0/s1. The Kier molecular flexibility index (Phi) is 4.33. The highest BCUT2D eigenvalue weighted by Crippen LogP contribution is 2.50. The van der Waals surface area contributed by atoms with Gasteiger partial charge in [0.15, 0.2) is 0 Å². The third-order valence-electron chi connectivity index (χ3n) is 4.42. The van der Waals surface area contributed by atoms with Crippen LogP contribution in [0.15, 0.2) is 30.3 Å². The van der Waals surface area contributed by atoms with Crippen LogP contribution in [0.25, 0.3) is 0 Å². The molecule has 1 saturated carbocycles. The molecule has 19 heavy (non-hydrogen) atoms. The minimum absolute atomic E-state index is 0.00676. The first kappa shape index (κ1) is 14.2. The molecule has 3 atom stereocenters. The average Bonchev–Trinajstić information content (AvgIpc) is 2.73. The van der Waals surface area contributed by atoms with Crippen molar-refractivity contribution in [2.45, 2.75) is 45.5 Å². The van der Waals surface area contributed by atoms with Crippen molar-refractivity contribution in [2.24, 2.45) is 11.3 Å². The van der Waals surface area contributed by atoms with Crippen LogP contribution < -0.4 is 0 Å². The first-order chi connectivity index (χ1) is 9.05. The van der Waals surface area contributed by atoms with Crippen molar-refractivity contribution in [3.63, 3.8) is 0 Å². The Morgan fingerprint density at radius 3 is 2.74 bits per heavy atom. The number of hydrogen-bond donors (Lipinski definition) is 0. The van der Waals surface area contributed by atoms with Gasteiger partial charge in [0, 0.05) is 0 Å². The van der Waals surface area contributed by atoms with E-state index in [0.29, 0.717) is 6.61 Å². The Labute approximate surface area is 117 Å². The average molecular weight is 256 g/mol. The topological polar surface area (TPSA) is 26.3 Å². The molecule has 3 heteroatoms. The van der Waals surface area contributed by atoms with E-state index < -0.39 is 0 Å². The lowest BCUT2D eigenvalue weighted by atomic mass is 9.76. The normalized spacial score (nSPS) is 30.2. The van der Waals surface area contributed by atoms with Gasteiger partial charge in [-0.25, -0.2) is 0 Å². The van der Waals surface area contributed by atoms with E-state index >= 15 is 0 Å². The summed E-state index contributed by atoms with van der Waals surface area (Å²) in [7, 11) is 6.01. The molecule has 2 radical (unpaired) electrons. The van der Waals surface area contributed by atoms with E-state index in [1.807, 2.05) is 30.3 Å². The van der Waals surface area contributed by atoms with E-state index in [2.05, 4.69) is 13.8 Å². The monoisotopic (exact) mass is 256 g/mol. The molecule has 2 nitrogen and oxygen atoms in total. The minimum atomic E-state index is -0.0962. The fraction of sp³-hybridized carbons (Fsp3) is 0.562. The van der Waals surface area contributed by atoms with Gasteiger partial charge in [-0.05, 0) is 23.8 Å². The minimum Gasteiger partial charge on any atom is -0.461 e. The van der Waals surface area contributed by atoms with Gasteiger partial charge in [0.05, 0.1) is 13.8 Å². The SMILES string of the molecule is [B][C@H]1C[C@H](C(=O)OCc2ccccc2)C(C)(CC)C1. The van der Waals surface area contributed by atoms with Crippen LogP contribution in [0, 0.1) is 11.3 Å². The van der Waals surface area contributed by atoms with E-state index in [4.69, 9.17) is 12.6 Å². The van der Waals surface area contributed by atoms with E-state index in [9.17, 15) is 4.79 Å². The molecule has 0 heterocycles. The third kappa shape index (κ3) is 3.20. The van der Waals surface area contributed by atoms with E-state index in [0.717, 1.165) is 24.8 Å². The van der Waals surface area contributed by atoms with Crippen LogP contribution >= 0.6 is 0 Å². The molecule has 100 valence electrons. The molecular weight excluding hydrogens is 235 g/mol. The molecule has 0 N–H and O–H groups in total. The lowest BCUT2D eigenvalue weighted by molar-refractivity contribution is -0.153. The predicted molar refractivity (Wildman–Crippen MR) is 76.9 cm³/mol. The van der Waals surface area contributed by atoms with E-state index in [1.165, 1.54) is 0 Å². The molecule has 1 fully saturated rings. The number of hydrogen-bond acceptors (Lipinski definition) is 2. The third-order valence-corrected chi connectivity index (χ3v) is 4.42. The molecule has 1 aliphatic rings. The Bertz CT molecular complexity index is 432. The van der Waals surface area contributed by atoms with Gasteiger partial charge in [-0.2, -0.15) is 0 Å². The van der Waals surface area contributed by atoms with Crippen molar-refractivity contribution in [2.75, 3.05) is 0 Å². The molecule has 1 unspecified atom stereocenters. The first-order valence-electron chi connectivity index (χ1n) is 7.01. The maximum absolute atomic E-state index is 12.3. The molecule has 1 aromatic rings. The molecule has 0 aliphatic heterocycles. The summed E-state index contributed by atoms with van der Waals surface area (Å²) in [5.41, 5.74) is 1.02. The van der Waals surface area contributed by atoms with Crippen molar-refractivity contribution in [3.05, 3.63) is 35.9 Å². The second kappa shape index (κ2) is 5.81. The van der Waals surface area contributed by atoms with Gasteiger partial charge < -0.3 is 4.74 Å². The summed E-state index contributed by atoms with van der Waals surface area (Å²) in [6.07, 6.45) is 2.62. The Balaban J connectivity index is 1.96. The molecular formula is C16H21BO2. The zero-order valence-electron chi connectivity index (χ0n) is 11.8. The van der Waals surface area contributed by atoms with Crippen LogP contribution in [0.1, 0.15) is 38.7 Å². The maximum Gasteiger partial charge on any atom is 0.309 e. The van der Waals surface area contributed by atoms with Gasteiger partial charge in [0.2, 0.25) is 0 Å². The van der Waals surface area contributed by atoms with Crippen LogP contribution in [0.4, 0.5) is 0 Å². The van der Waals surface area contributed by atoms with Crippen LogP contribution in [0.3, 0.4) is 0 Å². The molecule has 0 amide bonds. The molecule has 1 aliphatic carbocycles. The highest BCUT2D eigenvalue weighted by atomic mass is 16.5. The summed E-state index contributed by atoms with van der Waals surface area (Å²) in [5.74, 6) is -0.0309. The molecule has 2 rings (SSSR count). The Hall–Kier alpha value is -1.25. The molecule has 0 bridgehead atoms. The number of carbonyl (C=O) groups excluding carboxylic acids is 1. The summed E-state index contributed by atoms with van der Waals surface area (Å²) in [5, 5.41) is 0. The van der Waals surface area contributed by atoms with Crippen LogP contribution in [-0.2, 0) is 16.1 Å². The number of benzene rings is 1. The van der Waals surface area contributed by atoms with Crippen molar-refractivity contribution in [1.82, 2.24) is 0 Å². The van der Waals surface area contributed by atoms with Crippen molar-refractivity contribution < 1.29 is 9.53 Å². The summed E-state index contributed by atoms with van der Waals surface area (Å²) < 4.78 is 5.46. The van der Waals surface area contributed by atoms with Gasteiger partial charge in [-0.3, -0.25) is 4.79 Å². The lowest BCUT2D eigenvalue weighted by Gasteiger charge is -2.28. The number of carbonyl (C=O) groups is 1.